The lowest BCUT2D eigenvalue weighted by atomic mass is 10.1. The van der Waals surface area contributed by atoms with Crippen molar-refractivity contribution in [1.82, 2.24) is 4.98 Å². The zero-order chi connectivity index (χ0) is 16.5. The van der Waals surface area contributed by atoms with Gasteiger partial charge in [0.1, 0.15) is 16.6 Å². The van der Waals surface area contributed by atoms with Crippen molar-refractivity contribution >= 4 is 17.1 Å². The highest BCUT2D eigenvalue weighted by Crippen LogP contribution is 2.35. The minimum absolute atomic E-state index is 0.0789. The van der Waals surface area contributed by atoms with E-state index in [9.17, 15) is 22.4 Å². The van der Waals surface area contributed by atoms with E-state index in [0.29, 0.717) is 23.2 Å². The van der Waals surface area contributed by atoms with E-state index in [-0.39, 0.29) is 17.8 Å². The molecule has 0 unspecified atom stereocenters. The molecule has 0 atom stereocenters. The van der Waals surface area contributed by atoms with Crippen LogP contribution in [0.5, 0.6) is 0 Å². The molecule has 0 fully saturated rings. The van der Waals surface area contributed by atoms with Crippen molar-refractivity contribution < 1.29 is 22.4 Å². The zero-order valence-electron chi connectivity index (χ0n) is 11.9. The molecule has 0 bridgehead atoms. The van der Waals surface area contributed by atoms with E-state index in [1.54, 1.807) is 0 Å². The summed E-state index contributed by atoms with van der Waals surface area (Å²) in [6.07, 6.45) is -3.96. The molecule has 0 saturated carbocycles. The molecule has 0 spiro atoms. The molecule has 0 radical (unpaired) electrons. The van der Waals surface area contributed by atoms with E-state index in [2.05, 4.69) is 4.98 Å². The first-order chi connectivity index (χ1) is 10.2. The molecule has 0 aliphatic heterocycles. The number of aromatic nitrogens is 1. The third-order valence-corrected chi connectivity index (χ3v) is 4.16. The van der Waals surface area contributed by atoms with Crippen LogP contribution in [-0.2, 0) is 23.8 Å². The Morgan fingerprint density at radius 3 is 2.50 bits per heavy atom. The SMILES string of the molecule is CCc1sc(CC(C)=O)nc1-c1cc(F)cc(C(F)(F)F)c1. The van der Waals surface area contributed by atoms with Gasteiger partial charge in [-0.25, -0.2) is 9.37 Å². The summed E-state index contributed by atoms with van der Waals surface area (Å²) >= 11 is 1.27. The lowest BCUT2D eigenvalue weighted by molar-refractivity contribution is -0.137. The number of alkyl halides is 3. The lowest BCUT2D eigenvalue weighted by Crippen LogP contribution is -2.06. The molecular formula is C15H13F4NOS. The molecule has 0 saturated heterocycles. The Labute approximate surface area is 128 Å². The molecule has 7 heteroatoms. The summed E-state index contributed by atoms with van der Waals surface area (Å²) in [5.41, 5.74) is -0.658. The van der Waals surface area contributed by atoms with Crippen molar-refractivity contribution in [2.24, 2.45) is 0 Å². The maximum Gasteiger partial charge on any atom is 0.416 e. The number of nitrogens with zero attached hydrogens (tertiary/aromatic N) is 1. The van der Waals surface area contributed by atoms with E-state index < -0.39 is 17.6 Å². The number of hydrogen-bond acceptors (Lipinski definition) is 3. The Hall–Kier alpha value is -1.76. The molecule has 0 amide bonds. The van der Waals surface area contributed by atoms with E-state index in [1.807, 2.05) is 6.92 Å². The van der Waals surface area contributed by atoms with E-state index in [0.717, 1.165) is 17.0 Å². The van der Waals surface area contributed by atoms with Crippen molar-refractivity contribution in [3.8, 4) is 11.3 Å². The normalized spacial score (nSPS) is 11.7. The number of aryl methyl sites for hydroxylation is 1. The van der Waals surface area contributed by atoms with Crippen molar-refractivity contribution in [2.45, 2.75) is 32.9 Å². The maximum atomic E-state index is 13.5. The van der Waals surface area contributed by atoms with Crippen LogP contribution in [-0.4, -0.2) is 10.8 Å². The van der Waals surface area contributed by atoms with Crippen LogP contribution < -0.4 is 0 Å². The van der Waals surface area contributed by atoms with E-state index in [1.165, 1.54) is 18.3 Å². The van der Waals surface area contributed by atoms with Crippen LogP contribution in [0.15, 0.2) is 18.2 Å². The Bertz CT molecular complexity index is 706. The van der Waals surface area contributed by atoms with Crippen LogP contribution in [0.1, 0.15) is 29.3 Å². The Kier molecular flexibility index (Phi) is 4.65. The van der Waals surface area contributed by atoms with Gasteiger partial charge in [0.15, 0.2) is 0 Å². The molecule has 1 heterocycles. The Morgan fingerprint density at radius 2 is 1.95 bits per heavy atom. The predicted octanol–water partition coefficient (Wildman–Crippen LogP) is 4.66. The quantitative estimate of drug-likeness (QED) is 0.763. The van der Waals surface area contributed by atoms with Gasteiger partial charge in [0.05, 0.1) is 17.7 Å². The number of ketones is 1. The zero-order valence-corrected chi connectivity index (χ0v) is 12.7. The molecule has 22 heavy (non-hydrogen) atoms. The van der Waals surface area contributed by atoms with Crippen molar-refractivity contribution in [2.75, 3.05) is 0 Å². The van der Waals surface area contributed by atoms with Gasteiger partial charge in [0, 0.05) is 10.4 Å². The van der Waals surface area contributed by atoms with Crippen molar-refractivity contribution in [3.63, 3.8) is 0 Å². The molecule has 2 rings (SSSR count). The van der Waals surface area contributed by atoms with Gasteiger partial charge in [-0.05, 0) is 31.5 Å². The molecule has 1 aromatic heterocycles. The van der Waals surface area contributed by atoms with Crippen molar-refractivity contribution in [3.05, 3.63) is 39.5 Å². The van der Waals surface area contributed by atoms with Crippen LogP contribution in [0.4, 0.5) is 17.6 Å². The largest absolute Gasteiger partial charge is 0.416 e. The van der Waals surface area contributed by atoms with Crippen LogP contribution in [0.2, 0.25) is 0 Å². The fourth-order valence-corrected chi connectivity index (χ4v) is 3.15. The summed E-state index contributed by atoms with van der Waals surface area (Å²) < 4.78 is 51.9. The number of hydrogen-bond donors (Lipinski definition) is 0. The number of thiazole rings is 1. The van der Waals surface area contributed by atoms with E-state index in [4.69, 9.17) is 0 Å². The monoisotopic (exact) mass is 331 g/mol. The minimum Gasteiger partial charge on any atom is -0.300 e. The van der Waals surface area contributed by atoms with Crippen LogP contribution in [0, 0.1) is 5.82 Å². The third-order valence-electron chi connectivity index (χ3n) is 2.96. The Morgan fingerprint density at radius 1 is 1.27 bits per heavy atom. The first kappa shape index (κ1) is 16.6. The summed E-state index contributed by atoms with van der Waals surface area (Å²) in [5.74, 6) is -1.05. The molecule has 118 valence electrons. The van der Waals surface area contributed by atoms with Gasteiger partial charge in [-0.15, -0.1) is 11.3 Å². The molecule has 2 nitrogen and oxygen atoms in total. The summed E-state index contributed by atoms with van der Waals surface area (Å²) in [7, 11) is 0. The fourth-order valence-electron chi connectivity index (χ4n) is 2.04. The first-order valence-electron chi connectivity index (χ1n) is 6.57. The smallest absolute Gasteiger partial charge is 0.300 e. The summed E-state index contributed by atoms with van der Waals surface area (Å²) in [6, 6.07) is 2.37. The predicted molar refractivity (Wildman–Crippen MR) is 76.3 cm³/mol. The van der Waals surface area contributed by atoms with Gasteiger partial charge in [0.25, 0.3) is 0 Å². The van der Waals surface area contributed by atoms with Gasteiger partial charge >= 0.3 is 6.18 Å². The molecular weight excluding hydrogens is 318 g/mol. The average molecular weight is 331 g/mol. The molecule has 1 aromatic carbocycles. The number of halogens is 4. The number of benzene rings is 1. The van der Waals surface area contributed by atoms with Gasteiger partial charge in [-0.1, -0.05) is 6.92 Å². The third kappa shape index (κ3) is 3.71. The molecule has 0 aliphatic carbocycles. The van der Waals surface area contributed by atoms with Crippen LogP contribution >= 0.6 is 11.3 Å². The van der Waals surface area contributed by atoms with Gasteiger partial charge in [0.2, 0.25) is 0 Å². The number of Topliss-reactive ketones (excluding diaryl/α,β-unsaturated/α-hetero) is 1. The topological polar surface area (TPSA) is 30.0 Å². The fraction of sp³-hybridized carbons (Fsp3) is 0.333. The highest BCUT2D eigenvalue weighted by atomic mass is 32.1. The standard InChI is InChI=1S/C15H13F4NOS/c1-3-12-14(20-13(22-12)4-8(2)21)9-5-10(15(17,18)19)7-11(16)6-9/h5-7H,3-4H2,1-2H3. The second-order valence-corrected chi connectivity index (χ2v) is 6.01. The molecule has 2 aromatic rings. The average Bonchev–Trinajstić information content (AvgIpc) is 2.79. The summed E-state index contributed by atoms with van der Waals surface area (Å²) in [6.45, 7) is 3.25. The minimum atomic E-state index is -4.62. The molecule has 0 N–H and O–H groups in total. The maximum absolute atomic E-state index is 13.5. The van der Waals surface area contributed by atoms with Gasteiger partial charge in [-0.2, -0.15) is 13.2 Å². The first-order valence-corrected chi connectivity index (χ1v) is 7.38. The van der Waals surface area contributed by atoms with Crippen molar-refractivity contribution in [1.29, 1.82) is 0 Å². The number of carbonyl (C=O) groups excluding carboxylic acids is 1. The van der Waals surface area contributed by atoms with Crippen LogP contribution in [0.25, 0.3) is 11.3 Å². The summed E-state index contributed by atoms with van der Waals surface area (Å²) in [5, 5.41) is 0.525. The summed E-state index contributed by atoms with van der Waals surface area (Å²) in [4.78, 5) is 16.1. The lowest BCUT2D eigenvalue weighted by Gasteiger charge is -2.09. The second-order valence-electron chi connectivity index (χ2n) is 4.84. The van der Waals surface area contributed by atoms with E-state index >= 15 is 0 Å². The highest BCUT2D eigenvalue weighted by molar-refractivity contribution is 7.12. The van der Waals surface area contributed by atoms with Gasteiger partial charge in [-0.3, -0.25) is 4.79 Å². The molecule has 0 aliphatic rings. The van der Waals surface area contributed by atoms with Gasteiger partial charge < -0.3 is 0 Å². The van der Waals surface area contributed by atoms with Crippen LogP contribution in [0.3, 0.4) is 0 Å². The number of rotatable bonds is 4. The number of carbonyl (C=O) groups is 1. The highest BCUT2D eigenvalue weighted by Gasteiger charge is 2.32. The Balaban J connectivity index is 2.53. The second kappa shape index (κ2) is 6.16.